The predicted octanol–water partition coefficient (Wildman–Crippen LogP) is 0.461. The van der Waals surface area contributed by atoms with Gasteiger partial charge in [0, 0.05) is 0 Å². The monoisotopic (exact) mass is 295 g/mol. The molecule has 0 amide bonds. The average molecular weight is 295 g/mol. The van der Waals surface area contributed by atoms with Gasteiger partial charge in [-0.2, -0.15) is 16.8 Å². The van der Waals surface area contributed by atoms with Crippen LogP contribution in [0, 0.1) is 6.92 Å². The molecule has 0 spiro atoms. The molecule has 18 heavy (non-hydrogen) atoms. The summed E-state index contributed by atoms with van der Waals surface area (Å²) >= 11 is 0. The summed E-state index contributed by atoms with van der Waals surface area (Å²) in [5.41, 5.74) is -0.189. The normalized spacial score (nSPS) is 12.7. The van der Waals surface area contributed by atoms with E-state index in [1.807, 2.05) is 0 Å². The molecule has 0 aliphatic carbocycles. The van der Waals surface area contributed by atoms with Gasteiger partial charge in [0.1, 0.15) is 0 Å². The molecular weight excluding hydrogens is 284 g/mol. The molecule has 0 atom stereocenters. The molecule has 1 radical (unpaired) electrons. The number of rotatable bonds is 4. The van der Waals surface area contributed by atoms with Crippen LogP contribution in [0.15, 0.2) is 21.9 Å². The van der Waals surface area contributed by atoms with E-state index in [2.05, 4.69) is 0 Å². The van der Waals surface area contributed by atoms with Crippen LogP contribution in [0.4, 0.5) is 0 Å². The topological polar surface area (TPSA) is 129 Å². The van der Waals surface area contributed by atoms with Crippen LogP contribution < -0.4 is 0 Å². The molecule has 0 aliphatic heterocycles. The fourth-order valence-corrected chi connectivity index (χ4v) is 3.17. The van der Waals surface area contributed by atoms with Crippen molar-refractivity contribution in [3.05, 3.63) is 23.3 Å². The Morgan fingerprint density at radius 2 is 1.39 bits per heavy atom. The Bertz CT molecular complexity index is 605. The first kappa shape index (κ1) is 15.1. The summed E-state index contributed by atoms with van der Waals surface area (Å²) < 4.78 is 62.3. The van der Waals surface area contributed by atoms with E-state index in [-0.39, 0.29) is 17.5 Å². The molecule has 0 heterocycles. The standard InChI is InChI=1S/C9H11O7S2/c1-6-8(17(11,12)13)4-7(2-3-10)5-9(6)18(14,15)16/h4-5H,2-3H2,1H3,(H,11,12,13)(H,14,15,16). The third-order valence-corrected chi connectivity index (χ3v) is 4.28. The molecule has 0 aliphatic rings. The molecule has 9 heteroatoms. The minimum atomic E-state index is -4.63. The molecular formula is C9H11O7S2. The lowest BCUT2D eigenvalue weighted by atomic mass is 10.1. The van der Waals surface area contributed by atoms with Crippen molar-refractivity contribution in [1.82, 2.24) is 0 Å². The first-order chi connectivity index (χ1) is 8.07. The number of hydrogen-bond acceptors (Lipinski definition) is 4. The van der Waals surface area contributed by atoms with E-state index < -0.39 is 36.6 Å². The van der Waals surface area contributed by atoms with Crippen LogP contribution in [0.2, 0.25) is 0 Å². The third-order valence-electron chi connectivity index (χ3n) is 2.32. The van der Waals surface area contributed by atoms with Crippen LogP contribution in [-0.4, -0.2) is 32.5 Å². The van der Waals surface area contributed by atoms with Gasteiger partial charge in [-0.05, 0) is 36.6 Å². The Labute approximate surface area is 105 Å². The van der Waals surface area contributed by atoms with Gasteiger partial charge in [0.25, 0.3) is 20.2 Å². The molecule has 0 saturated carbocycles. The molecule has 101 valence electrons. The Hall–Kier alpha value is -1.00. The second kappa shape index (κ2) is 4.94. The molecule has 1 aromatic carbocycles. The lowest BCUT2D eigenvalue weighted by Gasteiger charge is -2.10. The van der Waals surface area contributed by atoms with Crippen LogP contribution in [-0.2, 0) is 31.8 Å². The minimum absolute atomic E-state index is 0.107. The zero-order chi connectivity index (χ0) is 14.1. The van der Waals surface area contributed by atoms with Crippen molar-refractivity contribution >= 4 is 20.2 Å². The fraction of sp³-hybridized carbons (Fsp3) is 0.333. The Morgan fingerprint density at radius 3 is 1.67 bits per heavy atom. The van der Waals surface area contributed by atoms with E-state index in [0.717, 1.165) is 19.1 Å². The van der Waals surface area contributed by atoms with E-state index in [9.17, 15) is 21.9 Å². The van der Waals surface area contributed by atoms with Crippen LogP contribution in [0.5, 0.6) is 0 Å². The van der Waals surface area contributed by atoms with Crippen molar-refractivity contribution in [2.75, 3.05) is 6.61 Å². The summed E-state index contributed by atoms with van der Waals surface area (Å²) in [7, 11) is -9.27. The van der Waals surface area contributed by atoms with Crippen molar-refractivity contribution < 1.29 is 31.0 Å². The highest BCUT2D eigenvalue weighted by molar-refractivity contribution is 7.86. The highest BCUT2D eigenvalue weighted by atomic mass is 32.2. The third kappa shape index (κ3) is 3.27. The smallest absolute Gasteiger partial charge is 0.282 e. The number of benzene rings is 1. The summed E-state index contributed by atoms with van der Waals surface area (Å²) in [6.07, 6.45) is -0.120. The second-order valence-corrected chi connectivity index (χ2v) is 6.40. The molecule has 0 fully saturated rings. The molecule has 0 aromatic heterocycles. The average Bonchev–Trinajstić information content (AvgIpc) is 2.17. The predicted molar refractivity (Wildman–Crippen MR) is 60.1 cm³/mol. The van der Waals surface area contributed by atoms with E-state index >= 15 is 0 Å². The second-order valence-electron chi connectivity index (χ2n) is 3.62. The van der Waals surface area contributed by atoms with Gasteiger partial charge in [0.2, 0.25) is 0 Å². The molecule has 2 N–H and O–H groups in total. The van der Waals surface area contributed by atoms with E-state index in [4.69, 9.17) is 9.11 Å². The SMILES string of the molecule is Cc1c(S(=O)(=O)O)cc(CC[O])cc1S(=O)(=O)O. The van der Waals surface area contributed by atoms with Crippen molar-refractivity contribution in [2.24, 2.45) is 0 Å². The molecule has 0 unspecified atom stereocenters. The van der Waals surface area contributed by atoms with E-state index in [1.54, 1.807) is 0 Å². The summed E-state index contributed by atoms with van der Waals surface area (Å²) in [4.78, 5) is -1.28. The summed E-state index contributed by atoms with van der Waals surface area (Å²) in [5.74, 6) is 0. The summed E-state index contributed by atoms with van der Waals surface area (Å²) in [6, 6.07) is 2.02. The van der Waals surface area contributed by atoms with Gasteiger partial charge in [-0.15, -0.1) is 0 Å². The van der Waals surface area contributed by atoms with E-state index in [0.29, 0.717) is 0 Å². The van der Waals surface area contributed by atoms with Crippen molar-refractivity contribution in [2.45, 2.75) is 23.1 Å². The molecule has 0 saturated heterocycles. The maximum atomic E-state index is 11.1. The highest BCUT2D eigenvalue weighted by Crippen LogP contribution is 2.25. The van der Waals surface area contributed by atoms with Crippen molar-refractivity contribution in [3.8, 4) is 0 Å². The lowest BCUT2D eigenvalue weighted by molar-refractivity contribution is 0.197. The van der Waals surface area contributed by atoms with Crippen LogP contribution in [0.25, 0.3) is 0 Å². The highest BCUT2D eigenvalue weighted by Gasteiger charge is 2.23. The molecule has 0 bridgehead atoms. The van der Waals surface area contributed by atoms with Crippen molar-refractivity contribution in [1.29, 1.82) is 0 Å². The maximum absolute atomic E-state index is 11.1. The molecule has 1 rings (SSSR count). The quantitative estimate of drug-likeness (QED) is 0.776. The van der Waals surface area contributed by atoms with Gasteiger partial charge in [0.05, 0.1) is 16.4 Å². The lowest BCUT2D eigenvalue weighted by Crippen LogP contribution is -2.09. The Balaban J connectivity index is 3.70. The van der Waals surface area contributed by atoms with Crippen molar-refractivity contribution in [3.63, 3.8) is 0 Å². The maximum Gasteiger partial charge on any atom is 0.294 e. The first-order valence-corrected chi connectivity index (χ1v) is 7.62. The zero-order valence-corrected chi connectivity index (χ0v) is 11.0. The Morgan fingerprint density at radius 1 is 1.00 bits per heavy atom. The van der Waals surface area contributed by atoms with Gasteiger partial charge in [-0.3, -0.25) is 9.11 Å². The molecule has 7 nitrogen and oxygen atoms in total. The fourth-order valence-electron chi connectivity index (χ4n) is 1.51. The number of hydrogen-bond donors (Lipinski definition) is 2. The minimum Gasteiger partial charge on any atom is -0.282 e. The van der Waals surface area contributed by atoms with E-state index in [1.165, 1.54) is 0 Å². The summed E-state index contributed by atoms with van der Waals surface area (Å²) in [5, 5.41) is 10.5. The molecule has 1 aromatic rings. The van der Waals surface area contributed by atoms with Gasteiger partial charge in [0.15, 0.2) is 0 Å². The summed E-state index contributed by atoms with van der Waals surface area (Å²) in [6.45, 7) is 0.548. The van der Waals surface area contributed by atoms with Gasteiger partial charge in [-0.25, -0.2) is 5.11 Å². The van der Waals surface area contributed by atoms with Gasteiger partial charge in [-0.1, -0.05) is 0 Å². The largest absolute Gasteiger partial charge is 0.294 e. The van der Waals surface area contributed by atoms with Gasteiger partial charge >= 0.3 is 0 Å². The van der Waals surface area contributed by atoms with Crippen LogP contribution in [0.3, 0.4) is 0 Å². The Kier molecular flexibility index (Phi) is 4.13. The van der Waals surface area contributed by atoms with Crippen LogP contribution in [0.1, 0.15) is 11.1 Å². The zero-order valence-electron chi connectivity index (χ0n) is 9.32. The van der Waals surface area contributed by atoms with Gasteiger partial charge < -0.3 is 0 Å². The van der Waals surface area contributed by atoms with Crippen LogP contribution >= 0.6 is 0 Å². The first-order valence-electron chi connectivity index (χ1n) is 4.74.